The lowest BCUT2D eigenvalue weighted by atomic mass is 9.94. The number of rotatable bonds is 15. The van der Waals surface area contributed by atoms with Gasteiger partial charge in [0, 0.05) is 38.9 Å². The van der Waals surface area contributed by atoms with Gasteiger partial charge in [-0.2, -0.15) is 10.4 Å². The Morgan fingerprint density at radius 3 is 2.43 bits per heavy atom. The number of nitrogens with two attached hydrogens (primary N) is 1. The second-order valence-electron chi connectivity index (χ2n) is 18.7. The number of aromatic nitrogens is 4. The highest BCUT2D eigenvalue weighted by atomic mass is 32.1. The molecule has 0 bridgehead atoms. The summed E-state index contributed by atoms with van der Waals surface area (Å²) in [6.07, 6.45) is -0.116. The number of carbonyl (C=O) groups excluding carboxylic acids is 3. The first-order valence-electron chi connectivity index (χ1n) is 22.6. The predicted octanol–water partition coefficient (Wildman–Crippen LogP) is 10.8. The number of thiazole rings is 2. The number of hydrogen-bond donors (Lipinski definition) is 1. The molecule has 1 amide bonds. The zero-order valence-electron chi connectivity index (χ0n) is 39.7. The van der Waals surface area contributed by atoms with Crippen molar-refractivity contribution in [3.05, 3.63) is 125 Å². The lowest BCUT2D eigenvalue weighted by molar-refractivity contribution is 0.0510. The lowest BCUT2D eigenvalue weighted by Gasteiger charge is -2.31. The van der Waals surface area contributed by atoms with Crippen molar-refractivity contribution in [3.8, 4) is 33.5 Å². The van der Waals surface area contributed by atoms with Crippen molar-refractivity contribution in [2.75, 3.05) is 42.0 Å². The van der Waals surface area contributed by atoms with Crippen molar-refractivity contribution in [1.82, 2.24) is 19.7 Å². The minimum atomic E-state index is -1.37. The van der Waals surface area contributed by atoms with Crippen LogP contribution in [0.3, 0.4) is 0 Å². The van der Waals surface area contributed by atoms with E-state index in [1.165, 1.54) is 22.7 Å². The predicted molar refractivity (Wildman–Crippen MR) is 273 cm³/mol. The fraction of sp³-hybridized carbons (Fsp3) is 0.314. The van der Waals surface area contributed by atoms with Gasteiger partial charge in [-0.3, -0.25) is 9.69 Å². The summed E-state index contributed by atoms with van der Waals surface area (Å²) in [6, 6.07) is 31.5. The maximum absolute atomic E-state index is 14.7. The second-order valence-corrected chi connectivity index (χ2v) is 26.3. The average molecular weight is 983 g/mol. The summed E-state index contributed by atoms with van der Waals surface area (Å²) >= 11 is 2.87. The number of carbonyl (C=O) groups is 3. The van der Waals surface area contributed by atoms with Crippen LogP contribution in [0.25, 0.3) is 31.9 Å². The highest BCUT2D eigenvalue weighted by molar-refractivity contribution is 7.22. The Morgan fingerprint density at radius 1 is 0.942 bits per heavy atom. The third-order valence-electron chi connectivity index (χ3n) is 11.2. The van der Waals surface area contributed by atoms with E-state index in [1.807, 2.05) is 60.7 Å². The zero-order valence-corrected chi connectivity index (χ0v) is 42.3. The molecule has 0 spiro atoms. The molecule has 2 N–H and O–H groups in total. The lowest BCUT2D eigenvalue weighted by Crippen LogP contribution is -2.37. The van der Waals surface area contributed by atoms with Crippen LogP contribution in [0, 0.1) is 11.3 Å². The summed E-state index contributed by atoms with van der Waals surface area (Å²) in [5.41, 5.74) is 11.4. The van der Waals surface area contributed by atoms with E-state index >= 15 is 0 Å². The molecule has 0 fully saturated rings. The molecule has 0 saturated heterocycles. The fourth-order valence-electron chi connectivity index (χ4n) is 7.62. The molecular weight excluding hydrogens is 929 g/mol. The van der Waals surface area contributed by atoms with E-state index in [-0.39, 0.29) is 48.6 Å². The van der Waals surface area contributed by atoms with Gasteiger partial charge < -0.3 is 29.6 Å². The Morgan fingerprint density at radius 2 is 1.71 bits per heavy atom. The van der Waals surface area contributed by atoms with Crippen molar-refractivity contribution < 1.29 is 33.3 Å². The first kappa shape index (κ1) is 48.5. The number of benzene rings is 4. The molecule has 0 unspecified atom stereocenters. The monoisotopic (exact) mass is 982 g/mol. The first-order valence-corrected chi connectivity index (χ1v) is 28.0. The van der Waals surface area contributed by atoms with E-state index in [1.54, 1.807) is 56.9 Å². The molecule has 4 aromatic carbocycles. The van der Waals surface area contributed by atoms with Gasteiger partial charge in [-0.1, -0.05) is 103 Å². The SMILES string of the molecule is CCOC(=O)c1nc(N2CCc3cccc(C(=O)N(COCC[Si](C)(C)C)c4nc5ccccc5s4)c3C2)sc1-c1ccc(COc2cccc(-c3nn(C(=O)OC(C)(C)C)c(N)c3C#N)c2)cc1. The van der Waals surface area contributed by atoms with Gasteiger partial charge in [-0.25, -0.2) is 19.6 Å². The van der Waals surface area contributed by atoms with Crippen LogP contribution in [0.5, 0.6) is 5.75 Å². The minimum absolute atomic E-state index is 0.0456. The molecule has 1 aliphatic heterocycles. The van der Waals surface area contributed by atoms with Crippen LogP contribution in [0.15, 0.2) is 91.0 Å². The van der Waals surface area contributed by atoms with Crippen LogP contribution >= 0.6 is 22.7 Å². The summed E-state index contributed by atoms with van der Waals surface area (Å²) < 4.78 is 25.2. The molecule has 15 nitrogen and oxygen atoms in total. The molecule has 4 heterocycles. The fourth-order valence-corrected chi connectivity index (χ4v) is 10.4. The number of ether oxygens (including phenoxy) is 4. The van der Waals surface area contributed by atoms with Crippen LogP contribution in [-0.2, 0) is 33.8 Å². The number of nitrogen functional groups attached to an aromatic ring is 1. The van der Waals surface area contributed by atoms with Gasteiger partial charge in [0.25, 0.3) is 5.91 Å². The highest BCUT2D eigenvalue weighted by Gasteiger charge is 2.31. The molecule has 3 aromatic heterocycles. The van der Waals surface area contributed by atoms with E-state index in [4.69, 9.17) is 34.6 Å². The summed E-state index contributed by atoms with van der Waals surface area (Å²) in [6.45, 7) is 15.9. The van der Waals surface area contributed by atoms with Crippen LogP contribution in [-0.4, -0.2) is 77.9 Å². The number of para-hydroxylation sites is 1. The summed E-state index contributed by atoms with van der Waals surface area (Å²) in [4.78, 5) is 55.2. The third-order valence-corrected chi connectivity index (χ3v) is 15.1. The molecule has 0 radical (unpaired) electrons. The van der Waals surface area contributed by atoms with Gasteiger partial charge in [0.2, 0.25) is 0 Å². The zero-order chi connectivity index (χ0) is 49.0. The Balaban J connectivity index is 1.01. The smallest absolute Gasteiger partial charge is 0.437 e. The summed E-state index contributed by atoms with van der Waals surface area (Å²) in [7, 11) is -1.37. The number of fused-ring (bicyclic) bond motifs is 2. The highest BCUT2D eigenvalue weighted by Crippen LogP contribution is 2.39. The third kappa shape index (κ3) is 11.2. The van der Waals surface area contributed by atoms with Gasteiger partial charge >= 0.3 is 12.1 Å². The molecule has 356 valence electrons. The second kappa shape index (κ2) is 20.4. The molecule has 69 heavy (non-hydrogen) atoms. The van der Waals surface area contributed by atoms with Crippen LogP contribution < -0.4 is 20.3 Å². The van der Waals surface area contributed by atoms with Gasteiger partial charge in [0.05, 0.1) is 21.7 Å². The number of nitriles is 1. The minimum Gasteiger partial charge on any atom is -0.489 e. The molecule has 18 heteroatoms. The van der Waals surface area contributed by atoms with Gasteiger partial charge in [0.15, 0.2) is 21.8 Å². The molecule has 0 saturated carbocycles. The van der Waals surface area contributed by atoms with Crippen molar-refractivity contribution in [1.29, 1.82) is 5.26 Å². The molecular formula is C51H54N8O7S2Si. The van der Waals surface area contributed by atoms with Crippen molar-refractivity contribution in [3.63, 3.8) is 0 Å². The molecule has 0 aliphatic carbocycles. The maximum atomic E-state index is 14.7. The first-order chi connectivity index (χ1) is 33.0. The van der Waals surface area contributed by atoms with Crippen LogP contribution in [0.1, 0.15) is 70.8 Å². The molecule has 8 rings (SSSR count). The standard InChI is InChI=1S/C51H54N8O7S2Si/c1-8-64-47(61)43-44(34-21-19-32(20-22-34)30-65-36-15-11-14-35(27-36)42-38(28-52)45(53)59(56-42)50(62)66-51(2,3)4)68-48(55-43)57-24-23-33-13-12-16-37(39(33)29-57)46(60)58(31-63-25-26-69(5,6)7)49-54-40-17-9-10-18-41(40)67-49/h9-22,27H,8,23-26,29-31,53H2,1-7H3. The van der Waals surface area contributed by atoms with Gasteiger partial charge in [-0.15, -0.1) is 4.68 Å². The average Bonchev–Trinajstić information content (AvgIpc) is 4.05. The van der Waals surface area contributed by atoms with Crippen LogP contribution in [0.2, 0.25) is 25.7 Å². The van der Waals surface area contributed by atoms with E-state index in [0.29, 0.717) is 58.1 Å². The Kier molecular flexibility index (Phi) is 14.3. The number of anilines is 3. The molecule has 1 aliphatic rings. The van der Waals surface area contributed by atoms with Crippen molar-refractivity contribution in [2.45, 2.75) is 78.6 Å². The number of nitrogens with zero attached hydrogens (tertiary/aromatic N) is 7. The Labute approximate surface area is 410 Å². The Hall–Kier alpha value is -6.91. The summed E-state index contributed by atoms with van der Waals surface area (Å²) in [5.74, 6) is -0.318. The van der Waals surface area contributed by atoms with Crippen LogP contribution in [0.4, 0.5) is 20.9 Å². The maximum Gasteiger partial charge on any atom is 0.437 e. The van der Waals surface area contributed by atoms with Gasteiger partial charge in [-0.05, 0) is 92.7 Å². The van der Waals surface area contributed by atoms with E-state index < -0.39 is 25.7 Å². The van der Waals surface area contributed by atoms with Crippen molar-refractivity contribution >= 4 is 75.0 Å². The number of amides is 1. The normalized spacial score (nSPS) is 12.6. The molecule has 0 atom stereocenters. The van der Waals surface area contributed by atoms with Crippen molar-refractivity contribution in [2.24, 2.45) is 0 Å². The summed E-state index contributed by atoms with van der Waals surface area (Å²) in [5, 5.41) is 15.5. The largest absolute Gasteiger partial charge is 0.489 e. The topological polar surface area (TPSA) is 188 Å². The Bertz CT molecular complexity index is 3040. The van der Waals surface area contributed by atoms with E-state index in [2.05, 4.69) is 41.8 Å². The molecule has 7 aromatic rings. The number of esters is 1. The van der Waals surface area contributed by atoms with E-state index in [9.17, 15) is 19.6 Å². The quantitative estimate of drug-likeness (QED) is 0.0443. The number of hydrogen-bond acceptors (Lipinski definition) is 15. The van der Waals surface area contributed by atoms with E-state index in [0.717, 1.165) is 43.2 Å². The van der Waals surface area contributed by atoms with Gasteiger partial charge in [0.1, 0.15) is 42.0 Å².